The average molecular weight is 241 g/mol. The largest absolute Gasteiger partial charge is 0.396 e. The van der Waals surface area contributed by atoms with Crippen molar-refractivity contribution in [3.63, 3.8) is 0 Å². The molecule has 102 valence electrons. The molecule has 0 spiro atoms. The van der Waals surface area contributed by atoms with E-state index in [-0.39, 0.29) is 22.9 Å². The quantitative estimate of drug-likeness (QED) is 0.778. The fraction of sp³-hybridized carbons (Fsp3) is 1.00. The number of aliphatic hydroxyl groups is 1. The summed E-state index contributed by atoms with van der Waals surface area (Å²) >= 11 is 0. The summed E-state index contributed by atoms with van der Waals surface area (Å²) in [5.41, 5.74) is 0.116. The topological polar surface area (TPSA) is 32.3 Å². The molecule has 1 fully saturated rings. The van der Waals surface area contributed by atoms with Gasteiger partial charge < -0.3 is 10.4 Å². The van der Waals surface area contributed by atoms with E-state index in [0.29, 0.717) is 6.04 Å². The Bertz CT molecular complexity index is 227. The van der Waals surface area contributed by atoms with Gasteiger partial charge >= 0.3 is 0 Å². The van der Waals surface area contributed by atoms with Crippen LogP contribution in [0.15, 0.2) is 0 Å². The third kappa shape index (κ3) is 2.53. The SMILES string of the molecule is CC(C)(C)C(CO)(C1CCCCN1)C(C)(C)C. The Labute approximate surface area is 107 Å². The van der Waals surface area contributed by atoms with Crippen molar-refractivity contribution in [3.8, 4) is 0 Å². The first kappa shape index (κ1) is 15.0. The van der Waals surface area contributed by atoms with E-state index in [1.165, 1.54) is 19.3 Å². The van der Waals surface area contributed by atoms with Crippen LogP contribution in [-0.2, 0) is 0 Å². The van der Waals surface area contributed by atoms with Gasteiger partial charge in [-0.05, 0) is 30.2 Å². The molecule has 1 rings (SSSR count). The van der Waals surface area contributed by atoms with Crippen LogP contribution < -0.4 is 5.32 Å². The first-order valence-electron chi connectivity index (χ1n) is 7.01. The highest BCUT2D eigenvalue weighted by atomic mass is 16.3. The highest BCUT2D eigenvalue weighted by molar-refractivity contribution is 5.06. The number of hydrogen-bond acceptors (Lipinski definition) is 2. The highest BCUT2D eigenvalue weighted by Gasteiger charge is 2.54. The molecule has 0 bridgehead atoms. The van der Waals surface area contributed by atoms with Crippen molar-refractivity contribution in [1.82, 2.24) is 5.32 Å². The molecule has 1 aliphatic rings. The van der Waals surface area contributed by atoms with Crippen molar-refractivity contribution in [2.24, 2.45) is 16.2 Å². The van der Waals surface area contributed by atoms with Crippen LogP contribution in [0.3, 0.4) is 0 Å². The Morgan fingerprint density at radius 2 is 1.53 bits per heavy atom. The summed E-state index contributed by atoms with van der Waals surface area (Å²) in [4.78, 5) is 0. The molecule has 17 heavy (non-hydrogen) atoms. The molecular weight excluding hydrogens is 210 g/mol. The lowest BCUT2D eigenvalue weighted by Crippen LogP contribution is -2.62. The highest BCUT2D eigenvalue weighted by Crippen LogP contribution is 2.54. The van der Waals surface area contributed by atoms with Crippen LogP contribution in [-0.4, -0.2) is 24.3 Å². The monoisotopic (exact) mass is 241 g/mol. The third-order valence-electron chi connectivity index (χ3n) is 4.83. The summed E-state index contributed by atoms with van der Waals surface area (Å²) in [5.74, 6) is 0. The van der Waals surface area contributed by atoms with Gasteiger partial charge in [-0.25, -0.2) is 0 Å². The molecular formula is C15H31NO. The minimum Gasteiger partial charge on any atom is -0.396 e. The summed E-state index contributed by atoms with van der Waals surface area (Å²) in [6, 6.07) is 0.432. The molecule has 1 aliphatic heterocycles. The van der Waals surface area contributed by atoms with Gasteiger partial charge in [-0.1, -0.05) is 48.0 Å². The summed E-state index contributed by atoms with van der Waals surface area (Å²) in [7, 11) is 0. The summed E-state index contributed by atoms with van der Waals surface area (Å²) < 4.78 is 0. The molecule has 1 saturated heterocycles. The van der Waals surface area contributed by atoms with Crippen LogP contribution in [0.4, 0.5) is 0 Å². The normalized spacial score (nSPS) is 23.8. The Balaban J connectivity index is 3.16. The first-order chi connectivity index (χ1) is 7.67. The minimum atomic E-state index is -0.0690. The Morgan fingerprint density at radius 1 is 1.00 bits per heavy atom. The number of piperidine rings is 1. The summed E-state index contributed by atoms with van der Waals surface area (Å²) in [6.07, 6.45) is 3.74. The van der Waals surface area contributed by atoms with Crippen LogP contribution in [0.1, 0.15) is 60.8 Å². The molecule has 0 aromatic carbocycles. The van der Waals surface area contributed by atoms with Crippen molar-refractivity contribution in [1.29, 1.82) is 0 Å². The van der Waals surface area contributed by atoms with Crippen LogP contribution in [0.5, 0.6) is 0 Å². The molecule has 0 radical (unpaired) electrons. The fourth-order valence-corrected chi connectivity index (χ4v) is 4.03. The minimum absolute atomic E-state index is 0.0690. The maximum atomic E-state index is 10.2. The maximum Gasteiger partial charge on any atom is 0.0512 e. The predicted octanol–water partition coefficient (Wildman–Crippen LogP) is 3.20. The van der Waals surface area contributed by atoms with Gasteiger partial charge in [0.1, 0.15) is 0 Å². The summed E-state index contributed by atoms with van der Waals surface area (Å²) in [6.45, 7) is 15.0. The van der Waals surface area contributed by atoms with Crippen molar-refractivity contribution in [2.45, 2.75) is 66.8 Å². The van der Waals surface area contributed by atoms with Crippen molar-refractivity contribution in [2.75, 3.05) is 13.2 Å². The van der Waals surface area contributed by atoms with Gasteiger partial charge in [0, 0.05) is 11.5 Å². The molecule has 1 heterocycles. The van der Waals surface area contributed by atoms with Gasteiger partial charge in [-0.3, -0.25) is 0 Å². The van der Waals surface area contributed by atoms with Gasteiger partial charge in [0.2, 0.25) is 0 Å². The number of rotatable bonds is 2. The van der Waals surface area contributed by atoms with E-state index >= 15 is 0 Å². The fourth-order valence-electron chi connectivity index (χ4n) is 4.03. The molecule has 0 saturated carbocycles. The molecule has 1 unspecified atom stereocenters. The molecule has 2 nitrogen and oxygen atoms in total. The van der Waals surface area contributed by atoms with Crippen molar-refractivity contribution in [3.05, 3.63) is 0 Å². The Hall–Kier alpha value is -0.0800. The van der Waals surface area contributed by atoms with Crippen LogP contribution in [0.2, 0.25) is 0 Å². The average Bonchev–Trinajstić information content (AvgIpc) is 2.16. The second kappa shape index (κ2) is 4.89. The van der Waals surface area contributed by atoms with E-state index in [4.69, 9.17) is 0 Å². The van der Waals surface area contributed by atoms with E-state index in [2.05, 4.69) is 46.9 Å². The van der Waals surface area contributed by atoms with E-state index in [0.717, 1.165) is 6.54 Å². The van der Waals surface area contributed by atoms with E-state index in [1.807, 2.05) is 0 Å². The first-order valence-corrected chi connectivity index (χ1v) is 7.01. The molecule has 0 amide bonds. The molecule has 2 heteroatoms. The number of hydrogen-bond donors (Lipinski definition) is 2. The number of aliphatic hydroxyl groups excluding tert-OH is 1. The molecule has 1 atom stereocenters. The lowest BCUT2D eigenvalue weighted by molar-refractivity contribution is -0.109. The standard InChI is InChI=1S/C15H31NO/c1-13(2,3)15(11-17,14(4,5)6)12-9-7-8-10-16-12/h12,16-17H,7-11H2,1-6H3. The van der Waals surface area contributed by atoms with Gasteiger partial charge in [-0.2, -0.15) is 0 Å². The van der Waals surface area contributed by atoms with Gasteiger partial charge in [0.15, 0.2) is 0 Å². The van der Waals surface area contributed by atoms with Crippen LogP contribution >= 0.6 is 0 Å². The zero-order valence-corrected chi connectivity index (χ0v) is 12.6. The van der Waals surface area contributed by atoms with Gasteiger partial charge in [0.05, 0.1) is 6.61 Å². The molecule has 0 aromatic heterocycles. The van der Waals surface area contributed by atoms with Gasteiger partial charge in [0.25, 0.3) is 0 Å². The second-order valence-corrected chi connectivity index (χ2v) is 7.63. The third-order valence-corrected chi connectivity index (χ3v) is 4.83. The molecule has 2 N–H and O–H groups in total. The van der Waals surface area contributed by atoms with Crippen LogP contribution in [0, 0.1) is 16.2 Å². The van der Waals surface area contributed by atoms with E-state index in [1.54, 1.807) is 0 Å². The molecule has 0 aromatic rings. The Kier molecular flexibility index (Phi) is 4.31. The van der Waals surface area contributed by atoms with E-state index in [9.17, 15) is 5.11 Å². The maximum absolute atomic E-state index is 10.2. The van der Waals surface area contributed by atoms with Gasteiger partial charge in [-0.15, -0.1) is 0 Å². The smallest absolute Gasteiger partial charge is 0.0512 e. The molecule has 0 aliphatic carbocycles. The lowest BCUT2D eigenvalue weighted by atomic mass is 9.50. The second-order valence-electron chi connectivity index (χ2n) is 7.63. The number of nitrogens with one attached hydrogen (secondary N) is 1. The Morgan fingerprint density at radius 3 is 1.82 bits per heavy atom. The van der Waals surface area contributed by atoms with Crippen molar-refractivity contribution < 1.29 is 5.11 Å². The van der Waals surface area contributed by atoms with Crippen LogP contribution in [0.25, 0.3) is 0 Å². The predicted molar refractivity (Wildman–Crippen MR) is 74.1 cm³/mol. The zero-order chi connectivity index (χ0) is 13.3. The van der Waals surface area contributed by atoms with Crippen molar-refractivity contribution >= 4 is 0 Å². The zero-order valence-electron chi connectivity index (χ0n) is 12.6. The van der Waals surface area contributed by atoms with E-state index < -0.39 is 0 Å². The summed E-state index contributed by atoms with van der Waals surface area (Å²) in [5, 5.41) is 13.8. The lowest BCUT2D eigenvalue weighted by Gasteiger charge is -2.58.